The molecule has 0 aromatic heterocycles. The molecule has 7 unspecified atom stereocenters. The summed E-state index contributed by atoms with van der Waals surface area (Å²) in [7, 11) is 4.74. The number of ether oxygens (including phenoxy) is 2. The van der Waals surface area contributed by atoms with Gasteiger partial charge in [-0.05, 0) is 36.2 Å². The second kappa shape index (κ2) is 20.4. The predicted molar refractivity (Wildman–Crippen MR) is 192 cm³/mol. The van der Waals surface area contributed by atoms with E-state index in [0.717, 1.165) is 12.0 Å². The van der Waals surface area contributed by atoms with E-state index >= 15 is 0 Å². The van der Waals surface area contributed by atoms with Crippen LogP contribution in [0, 0.1) is 23.7 Å². The van der Waals surface area contributed by atoms with Crippen molar-refractivity contribution in [2.24, 2.45) is 23.7 Å². The van der Waals surface area contributed by atoms with Gasteiger partial charge in [0.1, 0.15) is 12.1 Å². The van der Waals surface area contributed by atoms with Gasteiger partial charge in [0.05, 0.1) is 36.6 Å². The zero-order valence-corrected chi connectivity index (χ0v) is 31.8. The number of carboxylic acids is 1. The fourth-order valence-corrected chi connectivity index (χ4v) is 7.00. The van der Waals surface area contributed by atoms with Crippen LogP contribution in [0.15, 0.2) is 30.3 Å². The van der Waals surface area contributed by atoms with Gasteiger partial charge in [-0.25, -0.2) is 4.79 Å². The molecule has 1 heterocycles. The second-order valence-corrected chi connectivity index (χ2v) is 14.6. The van der Waals surface area contributed by atoms with Gasteiger partial charge in [-0.2, -0.15) is 0 Å². The fraction of sp³-hybridized carbons (Fsp3) is 0.711. The minimum Gasteiger partial charge on any atom is -0.480 e. The monoisotopic (exact) mass is 702 g/mol. The highest BCUT2D eigenvalue weighted by molar-refractivity contribution is 5.88. The SMILES string of the molecule is CCC(C)C(C(CC(=O)N1CCC[C@H]1C(OC)C(C)C(=O)NC(Cc1ccccc1)C(=O)O)OC)N(C)C(=O)C(NC(=O)CC(C)C)C(C)C. The number of hydrogen-bond acceptors (Lipinski definition) is 7. The average molecular weight is 703 g/mol. The normalized spacial score (nSPS) is 18.9. The summed E-state index contributed by atoms with van der Waals surface area (Å²) in [6.45, 7) is 13.9. The largest absolute Gasteiger partial charge is 0.480 e. The van der Waals surface area contributed by atoms with Crippen molar-refractivity contribution in [2.45, 2.75) is 123 Å². The number of likely N-dealkylation sites (N-methyl/N-ethyl adjacent to an activating group) is 1. The van der Waals surface area contributed by atoms with Crippen molar-refractivity contribution >= 4 is 29.6 Å². The lowest BCUT2D eigenvalue weighted by Gasteiger charge is -2.40. The van der Waals surface area contributed by atoms with Gasteiger partial charge < -0.3 is 35.0 Å². The molecule has 1 aliphatic heterocycles. The third-order valence-corrected chi connectivity index (χ3v) is 10.00. The van der Waals surface area contributed by atoms with Crippen molar-refractivity contribution in [1.29, 1.82) is 0 Å². The van der Waals surface area contributed by atoms with E-state index in [0.29, 0.717) is 25.8 Å². The Balaban J connectivity index is 2.24. The Kier molecular flexibility index (Phi) is 17.4. The van der Waals surface area contributed by atoms with Crippen LogP contribution in [0.2, 0.25) is 0 Å². The number of aliphatic carboxylic acids is 1. The van der Waals surface area contributed by atoms with Crippen LogP contribution in [-0.2, 0) is 39.9 Å². The zero-order valence-electron chi connectivity index (χ0n) is 31.8. The van der Waals surface area contributed by atoms with Crippen LogP contribution in [0.5, 0.6) is 0 Å². The Labute approximate surface area is 299 Å². The van der Waals surface area contributed by atoms with Gasteiger partial charge in [-0.15, -0.1) is 0 Å². The first-order chi connectivity index (χ1) is 23.6. The van der Waals surface area contributed by atoms with Crippen molar-refractivity contribution < 1.29 is 38.6 Å². The van der Waals surface area contributed by atoms with E-state index in [1.165, 1.54) is 14.2 Å². The molecule has 2 rings (SSSR count). The number of nitrogens with zero attached hydrogens (tertiary/aromatic N) is 2. The average Bonchev–Trinajstić information content (AvgIpc) is 3.55. The highest BCUT2D eigenvalue weighted by Gasteiger charge is 2.43. The molecule has 0 saturated carbocycles. The Morgan fingerprint density at radius 2 is 1.60 bits per heavy atom. The first-order valence-electron chi connectivity index (χ1n) is 18.1. The molecule has 1 fully saturated rings. The van der Waals surface area contributed by atoms with E-state index < -0.39 is 54.2 Å². The number of rotatable bonds is 20. The number of nitrogens with one attached hydrogen (secondary N) is 2. The summed E-state index contributed by atoms with van der Waals surface area (Å²) in [6, 6.07) is 6.39. The molecule has 1 aromatic rings. The number of likely N-dealkylation sites (tertiary alicyclic amines) is 1. The van der Waals surface area contributed by atoms with E-state index in [1.54, 1.807) is 23.8 Å². The summed E-state index contributed by atoms with van der Waals surface area (Å²) in [6.07, 6.45) is 1.20. The number of carbonyl (C=O) groups excluding carboxylic acids is 4. The van der Waals surface area contributed by atoms with Gasteiger partial charge in [0.15, 0.2) is 0 Å². The molecule has 4 amide bonds. The third-order valence-electron chi connectivity index (χ3n) is 10.00. The van der Waals surface area contributed by atoms with Gasteiger partial charge in [0, 0.05) is 40.7 Å². The molecule has 8 atom stereocenters. The van der Waals surface area contributed by atoms with Gasteiger partial charge >= 0.3 is 5.97 Å². The summed E-state index contributed by atoms with van der Waals surface area (Å²) in [5.74, 6) is -2.96. The molecule has 0 bridgehead atoms. The van der Waals surface area contributed by atoms with Gasteiger partial charge in [0.25, 0.3) is 0 Å². The topological polar surface area (TPSA) is 155 Å². The van der Waals surface area contributed by atoms with Gasteiger partial charge in [-0.3, -0.25) is 19.2 Å². The lowest BCUT2D eigenvalue weighted by Crippen LogP contribution is -2.58. The third kappa shape index (κ3) is 11.8. The summed E-state index contributed by atoms with van der Waals surface area (Å²) in [4.78, 5) is 69.5. The zero-order chi connectivity index (χ0) is 37.7. The maximum Gasteiger partial charge on any atom is 0.326 e. The molecule has 50 heavy (non-hydrogen) atoms. The van der Waals surface area contributed by atoms with E-state index in [4.69, 9.17) is 9.47 Å². The van der Waals surface area contributed by atoms with E-state index in [-0.39, 0.29) is 48.3 Å². The quantitative estimate of drug-likeness (QED) is 0.185. The Morgan fingerprint density at radius 1 is 0.960 bits per heavy atom. The number of hydrogen-bond donors (Lipinski definition) is 3. The van der Waals surface area contributed by atoms with E-state index in [9.17, 15) is 29.1 Å². The second-order valence-electron chi connectivity index (χ2n) is 14.6. The Bertz CT molecular complexity index is 1260. The molecule has 3 N–H and O–H groups in total. The summed E-state index contributed by atoms with van der Waals surface area (Å²) in [5, 5.41) is 15.5. The van der Waals surface area contributed by atoms with Crippen LogP contribution in [0.25, 0.3) is 0 Å². The van der Waals surface area contributed by atoms with Crippen LogP contribution >= 0.6 is 0 Å². The van der Waals surface area contributed by atoms with E-state index in [1.807, 2.05) is 71.9 Å². The standard InChI is InChI=1S/C38H62N4O8/c1-11-25(6)34(41(8)37(46)33(24(4)5)40-31(43)20-23(2)3)30(49-9)22-32(44)42-19-15-18-29(42)35(50-10)26(7)36(45)39-28(38(47)48)21-27-16-13-12-14-17-27/h12-14,16-17,23-26,28-30,33-35H,11,15,18-22H2,1-10H3,(H,39,45)(H,40,43)(H,47,48)/t25?,26?,28?,29-,30?,33?,34?,35?/m0/s1. The molecular formula is C38H62N4O8. The highest BCUT2D eigenvalue weighted by Crippen LogP contribution is 2.29. The number of carboxylic acid groups (broad SMARTS) is 1. The minimum absolute atomic E-state index is 0.000849. The molecule has 1 aliphatic rings. The Morgan fingerprint density at radius 3 is 2.12 bits per heavy atom. The van der Waals surface area contributed by atoms with Crippen LogP contribution in [0.3, 0.4) is 0 Å². The number of carbonyl (C=O) groups is 5. The van der Waals surface area contributed by atoms with Crippen molar-refractivity contribution in [2.75, 3.05) is 27.8 Å². The molecule has 1 saturated heterocycles. The van der Waals surface area contributed by atoms with Crippen LogP contribution in [0.1, 0.15) is 86.1 Å². The van der Waals surface area contributed by atoms with Gasteiger partial charge in [0.2, 0.25) is 23.6 Å². The summed E-state index contributed by atoms with van der Waals surface area (Å²) in [5.41, 5.74) is 0.787. The van der Waals surface area contributed by atoms with Crippen LogP contribution in [0.4, 0.5) is 0 Å². The predicted octanol–water partition coefficient (Wildman–Crippen LogP) is 3.91. The molecule has 282 valence electrons. The minimum atomic E-state index is -1.14. The molecule has 0 spiro atoms. The highest BCUT2D eigenvalue weighted by atomic mass is 16.5. The maximum absolute atomic E-state index is 14.1. The maximum atomic E-state index is 14.1. The number of amides is 4. The molecule has 0 radical (unpaired) electrons. The first kappa shape index (κ1) is 42.7. The molecule has 12 heteroatoms. The smallest absolute Gasteiger partial charge is 0.326 e. The lowest BCUT2D eigenvalue weighted by atomic mass is 9.89. The Hall–Kier alpha value is -3.51. The van der Waals surface area contributed by atoms with Crippen LogP contribution in [-0.4, -0.2) is 109 Å². The van der Waals surface area contributed by atoms with Crippen molar-refractivity contribution in [3.8, 4) is 0 Å². The van der Waals surface area contributed by atoms with Crippen LogP contribution < -0.4 is 10.6 Å². The number of methoxy groups -OCH3 is 2. The number of benzene rings is 1. The molecule has 1 aromatic carbocycles. The van der Waals surface area contributed by atoms with E-state index in [2.05, 4.69) is 10.6 Å². The molecular weight excluding hydrogens is 640 g/mol. The summed E-state index contributed by atoms with van der Waals surface area (Å²) < 4.78 is 11.8. The first-order valence-corrected chi connectivity index (χ1v) is 18.1. The fourth-order valence-electron chi connectivity index (χ4n) is 7.00. The van der Waals surface area contributed by atoms with Crippen molar-refractivity contribution in [3.05, 3.63) is 35.9 Å². The van der Waals surface area contributed by atoms with Gasteiger partial charge in [-0.1, -0.05) is 85.2 Å². The van der Waals surface area contributed by atoms with Crippen molar-refractivity contribution in [1.82, 2.24) is 20.4 Å². The lowest BCUT2D eigenvalue weighted by molar-refractivity contribution is -0.148. The molecule has 0 aliphatic carbocycles. The molecule has 12 nitrogen and oxygen atoms in total. The van der Waals surface area contributed by atoms with Crippen molar-refractivity contribution in [3.63, 3.8) is 0 Å². The summed E-state index contributed by atoms with van der Waals surface area (Å²) >= 11 is 0.